The van der Waals surface area contributed by atoms with Crippen molar-refractivity contribution in [3.8, 4) is 5.75 Å². The molecule has 0 fully saturated rings. The van der Waals surface area contributed by atoms with Crippen molar-refractivity contribution in [2.24, 2.45) is 0 Å². The van der Waals surface area contributed by atoms with E-state index in [1.165, 1.54) is 19.2 Å². The Bertz CT molecular complexity index is 742. The summed E-state index contributed by atoms with van der Waals surface area (Å²) in [6.07, 6.45) is 3.32. The van der Waals surface area contributed by atoms with Crippen LogP contribution in [0.3, 0.4) is 0 Å². The molecule has 7 nitrogen and oxygen atoms in total. The summed E-state index contributed by atoms with van der Waals surface area (Å²) in [6, 6.07) is 2.68. The molecule has 23 heavy (non-hydrogen) atoms. The Morgan fingerprint density at radius 3 is 2.70 bits per heavy atom. The maximum Gasteiger partial charge on any atom is 0.337 e. The zero-order valence-electron chi connectivity index (χ0n) is 12.7. The predicted molar refractivity (Wildman–Crippen MR) is 84.0 cm³/mol. The van der Waals surface area contributed by atoms with Gasteiger partial charge in [-0.05, 0) is 19.1 Å². The lowest BCUT2D eigenvalue weighted by Gasteiger charge is -2.11. The van der Waals surface area contributed by atoms with Crippen LogP contribution >= 0.6 is 11.6 Å². The van der Waals surface area contributed by atoms with E-state index in [0.717, 1.165) is 12.2 Å². The lowest BCUT2D eigenvalue weighted by Crippen LogP contribution is -2.25. The number of halogens is 1. The molecule has 8 heteroatoms. The van der Waals surface area contributed by atoms with Crippen LogP contribution in [0.2, 0.25) is 5.02 Å². The molecule has 122 valence electrons. The molecule has 0 unspecified atom stereocenters. The van der Waals surface area contributed by atoms with Crippen molar-refractivity contribution in [2.45, 2.75) is 20.0 Å². The molecule has 0 bridgehead atoms. The van der Waals surface area contributed by atoms with Crippen LogP contribution in [-0.2, 0) is 13.1 Å². The average Bonchev–Trinajstić information content (AvgIpc) is 3.00. The van der Waals surface area contributed by atoms with Gasteiger partial charge in [0.1, 0.15) is 5.75 Å². The summed E-state index contributed by atoms with van der Waals surface area (Å²) in [5.74, 6) is -1.47. The number of aromatic nitrogens is 2. The van der Waals surface area contributed by atoms with E-state index in [0.29, 0.717) is 0 Å². The lowest BCUT2D eigenvalue weighted by atomic mass is 10.1. The second-order valence-corrected chi connectivity index (χ2v) is 5.07. The number of imidazole rings is 1. The lowest BCUT2D eigenvalue weighted by molar-refractivity contribution is 0.0696. The third kappa shape index (κ3) is 3.62. The van der Waals surface area contributed by atoms with E-state index < -0.39 is 11.9 Å². The number of hydrogen-bond acceptors (Lipinski definition) is 4. The van der Waals surface area contributed by atoms with Crippen LogP contribution in [-0.4, -0.2) is 33.6 Å². The van der Waals surface area contributed by atoms with Crippen LogP contribution in [0.5, 0.6) is 5.75 Å². The number of carbonyl (C=O) groups is 2. The summed E-state index contributed by atoms with van der Waals surface area (Å²) in [7, 11) is 1.39. The Labute approximate surface area is 137 Å². The molecule has 1 aromatic carbocycles. The standard InChI is InChI=1S/C15H16ClN3O4/c1-3-19-8-17-6-9(19)7-18-14(20)11-4-10(23-2)5-12(13(11)16)15(21)22/h4-6,8H,3,7H2,1-2H3,(H,18,20)(H,21,22). The van der Waals surface area contributed by atoms with Crippen molar-refractivity contribution in [3.63, 3.8) is 0 Å². The third-order valence-corrected chi connectivity index (χ3v) is 3.73. The fourth-order valence-electron chi connectivity index (χ4n) is 2.08. The first kappa shape index (κ1) is 16.8. The molecule has 0 radical (unpaired) electrons. The summed E-state index contributed by atoms with van der Waals surface area (Å²) in [5, 5.41) is 11.7. The van der Waals surface area contributed by atoms with Crippen molar-refractivity contribution in [3.05, 3.63) is 46.5 Å². The zero-order chi connectivity index (χ0) is 17.0. The number of aromatic carboxylic acids is 1. The number of benzene rings is 1. The molecule has 2 aromatic rings. The van der Waals surface area contributed by atoms with E-state index in [4.69, 9.17) is 21.4 Å². The van der Waals surface area contributed by atoms with Crippen LogP contribution in [0, 0.1) is 0 Å². The van der Waals surface area contributed by atoms with Gasteiger partial charge in [-0.1, -0.05) is 11.6 Å². The quantitative estimate of drug-likeness (QED) is 0.842. The highest BCUT2D eigenvalue weighted by Crippen LogP contribution is 2.27. The van der Waals surface area contributed by atoms with Crippen molar-refractivity contribution in [1.29, 1.82) is 0 Å². The van der Waals surface area contributed by atoms with Gasteiger partial charge >= 0.3 is 5.97 Å². The van der Waals surface area contributed by atoms with Crippen LogP contribution in [0.4, 0.5) is 0 Å². The highest BCUT2D eigenvalue weighted by molar-refractivity contribution is 6.36. The fraction of sp³-hybridized carbons (Fsp3) is 0.267. The number of nitrogens with zero attached hydrogens (tertiary/aromatic N) is 2. The molecular formula is C15H16ClN3O4. The maximum absolute atomic E-state index is 12.3. The second-order valence-electron chi connectivity index (χ2n) is 4.70. The maximum atomic E-state index is 12.3. The van der Waals surface area contributed by atoms with Crippen molar-refractivity contribution < 1.29 is 19.4 Å². The molecule has 0 aliphatic rings. The number of rotatable bonds is 6. The minimum atomic E-state index is -1.23. The molecule has 1 aromatic heterocycles. The SMILES string of the molecule is CCn1cncc1CNC(=O)c1cc(OC)cc(C(=O)O)c1Cl. The average molecular weight is 338 g/mol. The Hall–Kier alpha value is -2.54. The van der Waals surface area contributed by atoms with E-state index in [-0.39, 0.29) is 28.4 Å². The monoisotopic (exact) mass is 337 g/mol. The summed E-state index contributed by atoms with van der Waals surface area (Å²) in [6.45, 7) is 2.95. The van der Waals surface area contributed by atoms with Gasteiger partial charge in [0.25, 0.3) is 5.91 Å². The molecule has 2 N–H and O–H groups in total. The molecule has 0 saturated heterocycles. The van der Waals surface area contributed by atoms with Gasteiger partial charge < -0.3 is 19.7 Å². The Morgan fingerprint density at radius 2 is 2.09 bits per heavy atom. The number of carboxylic acid groups (broad SMARTS) is 1. The number of carboxylic acids is 1. The smallest absolute Gasteiger partial charge is 0.337 e. The first-order valence-electron chi connectivity index (χ1n) is 6.86. The Morgan fingerprint density at radius 1 is 1.39 bits per heavy atom. The van der Waals surface area contributed by atoms with E-state index in [1.807, 2.05) is 11.5 Å². The summed E-state index contributed by atoms with van der Waals surface area (Å²) < 4.78 is 6.91. The second kappa shape index (κ2) is 7.15. The van der Waals surface area contributed by atoms with Crippen LogP contribution < -0.4 is 10.1 Å². The van der Waals surface area contributed by atoms with Gasteiger partial charge in [0, 0.05) is 12.7 Å². The number of methoxy groups -OCH3 is 1. The molecule has 2 rings (SSSR count). The fourth-order valence-corrected chi connectivity index (χ4v) is 2.36. The van der Waals surface area contributed by atoms with E-state index in [9.17, 15) is 9.59 Å². The van der Waals surface area contributed by atoms with Crippen molar-refractivity contribution in [1.82, 2.24) is 14.9 Å². The normalized spacial score (nSPS) is 10.4. The summed E-state index contributed by atoms with van der Waals surface area (Å²) in [5.41, 5.74) is 0.694. The molecule has 1 heterocycles. The third-order valence-electron chi connectivity index (χ3n) is 3.33. The Balaban J connectivity index is 2.25. The molecule has 0 spiro atoms. The minimum absolute atomic E-state index is 0.0472. The zero-order valence-corrected chi connectivity index (χ0v) is 13.4. The summed E-state index contributed by atoms with van der Waals surface area (Å²) >= 11 is 6.03. The number of amides is 1. The van der Waals surface area contributed by atoms with Gasteiger partial charge in [-0.3, -0.25) is 4.79 Å². The number of carbonyl (C=O) groups excluding carboxylic acids is 1. The van der Waals surface area contributed by atoms with Crippen LogP contribution in [0.15, 0.2) is 24.7 Å². The first-order chi connectivity index (χ1) is 11.0. The van der Waals surface area contributed by atoms with E-state index in [2.05, 4.69) is 10.3 Å². The topological polar surface area (TPSA) is 93.5 Å². The van der Waals surface area contributed by atoms with Gasteiger partial charge in [0.05, 0.1) is 41.8 Å². The number of hydrogen-bond donors (Lipinski definition) is 2. The van der Waals surface area contributed by atoms with Crippen LogP contribution in [0.25, 0.3) is 0 Å². The molecule has 0 atom stereocenters. The highest BCUT2D eigenvalue weighted by Gasteiger charge is 2.20. The molecule has 0 saturated carbocycles. The van der Waals surface area contributed by atoms with Gasteiger partial charge in [0.15, 0.2) is 0 Å². The van der Waals surface area contributed by atoms with Gasteiger partial charge in [-0.15, -0.1) is 0 Å². The highest BCUT2D eigenvalue weighted by atomic mass is 35.5. The number of nitrogens with one attached hydrogen (secondary N) is 1. The van der Waals surface area contributed by atoms with E-state index >= 15 is 0 Å². The number of ether oxygens (including phenoxy) is 1. The predicted octanol–water partition coefficient (Wildman–Crippen LogP) is 2.19. The number of aryl methyl sites for hydroxylation is 1. The molecule has 0 aliphatic heterocycles. The van der Waals surface area contributed by atoms with Gasteiger partial charge in [0.2, 0.25) is 0 Å². The Kier molecular flexibility index (Phi) is 5.23. The van der Waals surface area contributed by atoms with Gasteiger partial charge in [-0.2, -0.15) is 0 Å². The van der Waals surface area contributed by atoms with E-state index in [1.54, 1.807) is 12.5 Å². The van der Waals surface area contributed by atoms with Gasteiger partial charge in [-0.25, -0.2) is 9.78 Å². The minimum Gasteiger partial charge on any atom is -0.497 e. The van der Waals surface area contributed by atoms with Crippen molar-refractivity contribution in [2.75, 3.05) is 7.11 Å². The molecule has 0 aliphatic carbocycles. The summed E-state index contributed by atoms with van der Waals surface area (Å²) in [4.78, 5) is 27.6. The molecule has 1 amide bonds. The largest absolute Gasteiger partial charge is 0.497 e. The van der Waals surface area contributed by atoms with Crippen LogP contribution in [0.1, 0.15) is 33.3 Å². The molecular weight excluding hydrogens is 322 g/mol. The first-order valence-corrected chi connectivity index (χ1v) is 7.23. The van der Waals surface area contributed by atoms with Crippen molar-refractivity contribution >= 4 is 23.5 Å².